The first kappa shape index (κ1) is 14.2. The standard InChI is InChI=1S/C18H18N4/c19-13-15-7-9-16(10-8-15)14-22(17-5-1-3-11-20-17)18-6-2-4-12-21-18/h1-12H,13-14,19H2. The van der Waals surface area contributed by atoms with Gasteiger partial charge < -0.3 is 10.6 Å². The van der Waals surface area contributed by atoms with Crippen LogP contribution >= 0.6 is 0 Å². The van der Waals surface area contributed by atoms with Crippen LogP contribution in [0.15, 0.2) is 73.1 Å². The molecule has 0 unspecified atom stereocenters. The van der Waals surface area contributed by atoms with Gasteiger partial charge in [0.15, 0.2) is 0 Å². The molecule has 2 aromatic heterocycles. The Morgan fingerprint density at radius 2 is 1.27 bits per heavy atom. The topological polar surface area (TPSA) is 55.0 Å². The first-order chi connectivity index (χ1) is 10.9. The zero-order valence-electron chi connectivity index (χ0n) is 12.3. The van der Waals surface area contributed by atoms with Crippen molar-refractivity contribution >= 4 is 11.6 Å². The van der Waals surface area contributed by atoms with Gasteiger partial charge in [-0.3, -0.25) is 0 Å². The van der Waals surface area contributed by atoms with Crippen molar-refractivity contribution in [3.63, 3.8) is 0 Å². The maximum atomic E-state index is 5.65. The monoisotopic (exact) mass is 290 g/mol. The lowest BCUT2D eigenvalue weighted by atomic mass is 10.1. The summed E-state index contributed by atoms with van der Waals surface area (Å²) in [6.07, 6.45) is 3.59. The summed E-state index contributed by atoms with van der Waals surface area (Å²) in [5, 5.41) is 0. The average molecular weight is 290 g/mol. The largest absolute Gasteiger partial charge is 0.326 e. The molecule has 0 aliphatic carbocycles. The number of hydrogen-bond donors (Lipinski definition) is 1. The Morgan fingerprint density at radius 3 is 1.73 bits per heavy atom. The Labute approximate surface area is 130 Å². The normalized spacial score (nSPS) is 10.4. The molecule has 0 aliphatic heterocycles. The molecular formula is C18H18N4. The molecule has 1 aromatic carbocycles. The maximum Gasteiger partial charge on any atom is 0.134 e. The maximum absolute atomic E-state index is 5.65. The van der Waals surface area contributed by atoms with Crippen molar-refractivity contribution in [2.45, 2.75) is 13.1 Å². The van der Waals surface area contributed by atoms with Crippen molar-refractivity contribution in [2.75, 3.05) is 4.90 Å². The number of pyridine rings is 2. The molecule has 2 heterocycles. The first-order valence-corrected chi connectivity index (χ1v) is 7.24. The minimum absolute atomic E-state index is 0.560. The third-order valence-electron chi connectivity index (χ3n) is 3.45. The van der Waals surface area contributed by atoms with Gasteiger partial charge in [0.05, 0.1) is 6.54 Å². The quantitative estimate of drug-likeness (QED) is 0.783. The summed E-state index contributed by atoms with van der Waals surface area (Å²) < 4.78 is 0. The van der Waals surface area contributed by atoms with Crippen LogP contribution in [0, 0.1) is 0 Å². The highest BCUT2D eigenvalue weighted by molar-refractivity contribution is 5.55. The number of rotatable bonds is 5. The van der Waals surface area contributed by atoms with E-state index in [9.17, 15) is 0 Å². The molecule has 0 saturated carbocycles. The van der Waals surface area contributed by atoms with Gasteiger partial charge in [0.25, 0.3) is 0 Å². The SMILES string of the molecule is NCc1ccc(CN(c2ccccn2)c2ccccn2)cc1. The van der Waals surface area contributed by atoms with Crippen LogP contribution in [0.3, 0.4) is 0 Å². The summed E-state index contributed by atoms with van der Waals surface area (Å²) >= 11 is 0. The Kier molecular flexibility index (Phi) is 4.41. The highest BCUT2D eigenvalue weighted by Crippen LogP contribution is 2.23. The van der Waals surface area contributed by atoms with Gasteiger partial charge in [-0.25, -0.2) is 9.97 Å². The Hall–Kier alpha value is -2.72. The van der Waals surface area contributed by atoms with Crippen LogP contribution in [-0.4, -0.2) is 9.97 Å². The summed E-state index contributed by atoms with van der Waals surface area (Å²) in [6.45, 7) is 1.27. The summed E-state index contributed by atoms with van der Waals surface area (Å²) in [5.74, 6) is 1.76. The predicted molar refractivity (Wildman–Crippen MR) is 88.7 cm³/mol. The van der Waals surface area contributed by atoms with Gasteiger partial charge in [-0.2, -0.15) is 0 Å². The number of aromatic nitrogens is 2. The summed E-state index contributed by atoms with van der Waals surface area (Å²) in [4.78, 5) is 11.0. The molecule has 0 atom stereocenters. The Balaban J connectivity index is 1.91. The van der Waals surface area contributed by atoms with E-state index in [1.165, 1.54) is 5.56 Å². The van der Waals surface area contributed by atoms with E-state index in [1.54, 1.807) is 12.4 Å². The lowest BCUT2D eigenvalue weighted by Crippen LogP contribution is -2.18. The van der Waals surface area contributed by atoms with E-state index >= 15 is 0 Å². The fourth-order valence-corrected chi connectivity index (χ4v) is 2.27. The van der Waals surface area contributed by atoms with Crippen molar-refractivity contribution in [2.24, 2.45) is 5.73 Å². The zero-order valence-corrected chi connectivity index (χ0v) is 12.3. The summed E-state index contributed by atoms with van der Waals surface area (Å²) in [5.41, 5.74) is 7.97. The molecule has 3 rings (SSSR count). The number of anilines is 2. The number of benzene rings is 1. The molecule has 2 N–H and O–H groups in total. The van der Waals surface area contributed by atoms with E-state index in [0.717, 1.165) is 17.2 Å². The molecule has 0 radical (unpaired) electrons. The van der Waals surface area contributed by atoms with Crippen LogP contribution in [0.1, 0.15) is 11.1 Å². The van der Waals surface area contributed by atoms with Crippen molar-refractivity contribution in [1.29, 1.82) is 0 Å². The van der Waals surface area contributed by atoms with Gasteiger partial charge in [0, 0.05) is 18.9 Å². The molecule has 0 spiro atoms. The van der Waals surface area contributed by atoms with Crippen molar-refractivity contribution in [3.05, 3.63) is 84.2 Å². The second kappa shape index (κ2) is 6.83. The second-order valence-corrected chi connectivity index (χ2v) is 4.98. The molecule has 0 aliphatic rings. The Bertz CT molecular complexity index is 657. The molecule has 0 saturated heterocycles. The second-order valence-electron chi connectivity index (χ2n) is 4.98. The highest BCUT2D eigenvalue weighted by Gasteiger charge is 2.11. The van der Waals surface area contributed by atoms with Gasteiger partial charge in [-0.15, -0.1) is 0 Å². The fourth-order valence-electron chi connectivity index (χ4n) is 2.27. The van der Waals surface area contributed by atoms with E-state index in [4.69, 9.17) is 5.73 Å². The summed E-state index contributed by atoms with van der Waals surface area (Å²) in [6, 6.07) is 20.1. The molecule has 0 amide bonds. The van der Waals surface area contributed by atoms with Gasteiger partial charge in [0.1, 0.15) is 11.6 Å². The molecule has 3 aromatic rings. The number of nitrogens with two attached hydrogens (primary N) is 1. The van der Waals surface area contributed by atoms with Crippen LogP contribution in [0.4, 0.5) is 11.6 Å². The molecule has 0 bridgehead atoms. The lowest BCUT2D eigenvalue weighted by Gasteiger charge is -2.22. The highest BCUT2D eigenvalue weighted by atomic mass is 15.2. The Morgan fingerprint density at radius 1 is 0.727 bits per heavy atom. The third-order valence-corrected chi connectivity index (χ3v) is 3.45. The van der Waals surface area contributed by atoms with Crippen molar-refractivity contribution in [1.82, 2.24) is 9.97 Å². The molecule has 4 nitrogen and oxygen atoms in total. The minimum Gasteiger partial charge on any atom is -0.326 e. The number of nitrogens with zero attached hydrogens (tertiary/aromatic N) is 3. The average Bonchev–Trinajstić information content (AvgIpc) is 2.62. The van der Waals surface area contributed by atoms with Crippen LogP contribution in [0.5, 0.6) is 0 Å². The third kappa shape index (κ3) is 3.30. The molecule has 110 valence electrons. The van der Waals surface area contributed by atoms with Crippen molar-refractivity contribution in [3.8, 4) is 0 Å². The zero-order chi connectivity index (χ0) is 15.2. The number of hydrogen-bond acceptors (Lipinski definition) is 4. The van der Waals surface area contributed by atoms with E-state index in [-0.39, 0.29) is 0 Å². The summed E-state index contributed by atoms with van der Waals surface area (Å²) in [7, 11) is 0. The minimum atomic E-state index is 0.560. The van der Waals surface area contributed by atoms with E-state index in [1.807, 2.05) is 36.4 Å². The van der Waals surface area contributed by atoms with Crippen LogP contribution in [0.25, 0.3) is 0 Å². The smallest absolute Gasteiger partial charge is 0.134 e. The lowest BCUT2D eigenvalue weighted by molar-refractivity contribution is 0.920. The first-order valence-electron chi connectivity index (χ1n) is 7.24. The molecule has 0 fully saturated rings. The fraction of sp³-hybridized carbons (Fsp3) is 0.111. The van der Waals surface area contributed by atoms with Crippen LogP contribution < -0.4 is 10.6 Å². The van der Waals surface area contributed by atoms with Gasteiger partial charge in [-0.05, 0) is 35.4 Å². The van der Waals surface area contributed by atoms with Gasteiger partial charge >= 0.3 is 0 Å². The van der Waals surface area contributed by atoms with E-state index < -0.39 is 0 Å². The predicted octanol–water partition coefficient (Wildman–Crippen LogP) is 3.27. The van der Waals surface area contributed by atoms with Crippen LogP contribution in [-0.2, 0) is 13.1 Å². The van der Waals surface area contributed by atoms with E-state index in [0.29, 0.717) is 13.1 Å². The van der Waals surface area contributed by atoms with Gasteiger partial charge in [-0.1, -0.05) is 36.4 Å². The molecule has 4 heteroatoms. The molecular weight excluding hydrogens is 272 g/mol. The van der Waals surface area contributed by atoms with E-state index in [2.05, 4.69) is 39.1 Å². The molecule has 22 heavy (non-hydrogen) atoms. The van der Waals surface area contributed by atoms with Crippen LogP contribution in [0.2, 0.25) is 0 Å². The van der Waals surface area contributed by atoms with Crippen molar-refractivity contribution < 1.29 is 0 Å². The van der Waals surface area contributed by atoms with Gasteiger partial charge in [0.2, 0.25) is 0 Å².